The van der Waals surface area contributed by atoms with Crippen molar-refractivity contribution in [1.82, 2.24) is 15.3 Å². The van der Waals surface area contributed by atoms with Crippen molar-refractivity contribution in [2.45, 2.75) is 57.7 Å². The number of nitrogens with zero attached hydrogens (tertiary/aromatic N) is 3. The van der Waals surface area contributed by atoms with E-state index in [0.717, 1.165) is 43.9 Å². The number of ether oxygens (including phenoxy) is 1. The molecule has 0 unspecified atom stereocenters. The van der Waals surface area contributed by atoms with Gasteiger partial charge in [-0.1, -0.05) is 13.8 Å². The van der Waals surface area contributed by atoms with E-state index in [2.05, 4.69) is 34.4 Å². The first-order valence-electron chi connectivity index (χ1n) is 9.23. The minimum Gasteiger partial charge on any atom is -0.376 e. The van der Waals surface area contributed by atoms with Crippen LogP contribution in [0, 0.1) is 5.92 Å². The topological polar surface area (TPSA) is 79.4 Å². The van der Waals surface area contributed by atoms with Crippen LogP contribution in [-0.4, -0.2) is 54.3 Å². The number of amides is 1. The molecule has 138 valence electrons. The third-order valence-corrected chi connectivity index (χ3v) is 4.72. The fraction of sp³-hybridized carbons (Fsp3) is 0.722. The van der Waals surface area contributed by atoms with Gasteiger partial charge in [-0.2, -0.15) is 0 Å². The molecule has 0 aromatic carbocycles. The smallest absolute Gasteiger partial charge is 0.239 e. The van der Waals surface area contributed by atoms with E-state index < -0.39 is 0 Å². The average molecular weight is 347 g/mol. The molecule has 0 radical (unpaired) electrons. The lowest BCUT2D eigenvalue weighted by molar-refractivity contribution is -0.119. The summed E-state index contributed by atoms with van der Waals surface area (Å²) in [5, 5.41) is 6.50. The lowest BCUT2D eigenvalue weighted by Crippen LogP contribution is -2.43. The number of rotatable bonds is 7. The van der Waals surface area contributed by atoms with Crippen LogP contribution in [-0.2, 0) is 9.53 Å². The second kappa shape index (κ2) is 7.99. The highest BCUT2D eigenvalue weighted by atomic mass is 16.5. The molecule has 7 nitrogen and oxygen atoms in total. The highest BCUT2D eigenvalue weighted by Gasteiger charge is 2.29. The Morgan fingerprint density at radius 2 is 2.16 bits per heavy atom. The molecule has 1 amide bonds. The Morgan fingerprint density at radius 1 is 1.36 bits per heavy atom. The minimum absolute atomic E-state index is 0.0404. The third-order valence-electron chi connectivity index (χ3n) is 4.72. The Kier molecular flexibility index (Phi) is 5.73. The molecule has 7 heteroatoms. The van der Waals surface area contributed by atoms with Crippen LogP contribution in [0.3, 0.4) is 0 Å². The Morgan fingerprint density at radius 3 is 2.88 bits per heavy atom. The van der Waals surface area contributed by atoms with Gasteiger partial charge in [0.2, 0.25) is 5.91 Å². The van der Waals surface area contributed by atoms with Gasteiger partial charge in [0, 0.05) is 25.8 Å². The molecule has 2 aliphatic rings. The van der Waals surface area contributed by atoms with Crippen molar-refractivity contribution in [2.24, 2.45) is 5.92 Å². The molecule has 2 fully saturated rings. The molecule has 1 saturated heterocycles. The van der Waals surface area contributed by atoms with Crippen LogP contribution in [0.5, 0.6) is 0 Å². The van der Waals surface area contributed by atoms with Gasteiger partial charge in [-0.3, -0.25) is 4.79 Å². The standard InChI is InChI=1S/C18H29N5O2/c1-12(2)18-14(5-4-8-25-18)22-15-9-16(20-11-19-15)23(3)10-17(24)21-13-6-7-13/h9,11-14,18H,4-8,10H2,1-3H3,(H,21,24)(H,19,20,22)/t14-,18+/m0/s1. The zero-order valence-corrected chi connectivity index (χ0v) is 15.4. The van der Waals surface area contributed by atoms with E-state index in [1.807, 2.05) is 18.0 Å². The van der Waals surface area contributed by atoms with E-state index in [0.29, 0.717) is 18.5 Å². The molecular weight excluding hydrogens is 318 g/mol. The molecule has 3 rings (SSSR count). The largest absolute Gasteiger partial charge is 0.376 e. The van der Waals surface area contributed by atoms with Gasteiger partial charge in [-0.05, 0) is 31.6 Å². The average Bonchev–Trinajstić information content (AvgIpc) is 3.39. The Hall–Kier alpha value is -1.89. The van der Waals surface area contributed by atoms with Gasteiger partial charge in [-0.15, -0.1) is 0 Å². The molecule has 0 bridgehead atoms. The molecule has 2 heterocycles. The van der Waals surface area contributed by atoms with Crippen LogP contribution in [0.25, 0.3) is 0 Å². The predicted octanol–water partition coefficient (Wildman–Crippen LogP) is 1.81. The van der Waals surface area contributed by atoms with Gasteiger partial charge in [-0.25, -0.2) is 9.97 Å². The van der Waals surface area contributed by atoms with Crippen molar-refractivity contribution < 1.29 is 9.53 Å². The van der Waals surface area contributed by atoms with Crippen LogP contribution in [0.2, 0.25) is 0 Å². The SMILES string of the molecule is CC(C)[C@H]1OCCC[C@@H]1Nc1cc(N(C)CC(=O)NC2CC2)ncn1. The number of nitrogens with one attached hydrogen (secondary N) is 2. The fourth-order valence-electron chi connectivity index (χ4n) is 3.24. The lowest BCUT2D eigenvalue weighted by atomic mass is 9.94. The van der Waals surface area contributed by atoms with Gasteiger partial charge in [0.1, 0.15) is 18.0 Å². The second-order valence-corrected chi connectivity index (χ2v) is 7.43. The molecule has 2 N–H and O–H groups in total. The van der Waals surface area contributed by atoms with Crippen molar-refractivity contribution in [3.8, 4) is 0 Å². The number of carbonyl (C=O) groups excluding carboxylic acids is 1. The summed E-state index contributed by atoms with van der Waals surface area (Å²) in [5.41, 5.74) is 0. The zero-order chi connectivity index (χ0) is 17.8. The molecule has 1 aromatic rings. The van der Waals surface area contributed by atoms with Gasteiger partial charge >= 0.3 is 0 Å². The highest BCUT2D eigenvalue weighted by molar-refractivity contribution is 5.81. The summed E-state index contributed by atoms with van der Waals surface area (Å²) in [5.74, 6) is 2.01. The van der Waals surface area contributed by atoms with E-state index >= 15 is 0 Å². The number of hydrogen-bond donors (Lipinski definition) is 2. The second-order valence-electron chi connectivity index (χ2n) is 7.43. The maximum Gasteiger partial charge on any atom is 0.239 e. The monoisotopic (exact) mass is 347 g/mol. The number of carbonyl (C=O) groups is 1. The van der Waals surface area contributed by atoms with Crippen LogP contribution in [0.15, 0.2) is 12.4 Å². The molecule has 25 heavy (non-hydrogen) atoms. The summed E-state index contributed by atoms with van der Waals surface area (Å²) in [6, 6.07) is 2.53. The lowest BCUT2D eigenvalue weighted by Gasteiger charge is -2.35. The van der Waals surface area contributed by atoms with Gasteiger partial charge < -0.3 is 20.3 Å². The van der Waals surface area contributed by atoms with Gasteiger partial charge in [0.15, 0.2) is 0 Å². The molecule has 1 aliphatic carbocycles. The van der Waals surface area contributed by atoms with Crippen LogP contribution < -0.4 is 15.5 Å². The molecule has 1 aliphatic heterocycles. The predicted molar refractivity (Wildman–Crippen MR) is 97.7 cm³/mol. The van der Waals surface area contributed by atoms with Gasteiger partial charge in [0.25, 0.3) is 0 Å². The molecule has 1 saturated carbocycles. The first-order chi connectivity index (χ1) is 12.0. The molecular formula is C18H29N5O2. The van der Waals surface area contributed by atoms with E-state index in [9.17, 15) is 4.79 Å². The summed E-state index contributed by atoms with van der Waals surface area (Å²) in [7, 11) is 1.87. The van der Waals surface area contributed by atoms with Crippen molar-refractivity contribution in [2.75, 3.05) is 30.4 Å². The molecule has 0 spiro atoms. The first-order valence-corrected chi connectivity index (χ1v) is 9.23. The van der Waals surface area contributed by atoms with Crippen molar-refractivity contribution in [3.63, 3.8) is 0 Å². The van der Waals surface area contributed by atoms with E-state index in [-0.39, 0.29) is 18.1 Å². The quantitative estimate of drug-likeness (QED) is 0.783. The summed E-state index contributed by atoms with van der Waals surface area (Å²) >= 11 is 0. The Labute approximate surface area is 149 Å². The Balaban J connectivity index is 1.60. The summed E-state index contributed by atoms with van der Waals surface area (Å²) in [4.78, 5) is 22.5. The number of likely N-dealkylation sites (N-methyl/N-ethyl adjacent to an activating group) is 1. The Bertz CT molecular complexity index is 591. The maximum absolute atomic E-state index is 12.0. The van der Waals surface area contributed by atoms with E-state index in [1.54, 1.807) is 6.33 Å². The van der Waals surface area contributed by atoms with E-state index in [4.69, 9.17) is 4.74 Å². The summed E-state index contributed by atoms with van der Waals surface area (Å²) in [6.45, 7) is 5.49. The van der Waals surface area contributed by atoms with Crippen LogP contribution >= 0.6 is 0 Å². The number of hydrogen-bond acceptors (Lipinski definition) is 6. The fourth-order valence-corrected chi connectivity index (χ4v) is 3.24. The van der Waals surface area contributed by atoms with E-state index in [1.165, 1.54) is 0 Å². The molecule has 2 atom stereocenters. The van der Waals surface area contributed by atoms with Crippen molar-refractivity contribution in [1.29, 1.82) is 0 Å². The highest BCUT2D eigenvalue weighted by Crippen LogP contribution is 2.24. The summed E-state index contributed by atoms with van der Waals surface area (Å²) in [6.07, 6.45) is 6.05. The zero-order valence-electron chi connectivity index (χ0n) is 15.4. The first kappa shape index (κ1) is 17.9. The van der Waals surface area contributed by atoms with Crippen molar-refractivity contribution >= 4 is 17.5 Å². The molecule has 1 aromatic heterocycles. The number of anilines is 2. The number of aromatic nitrogens is 2. The van der Waals surface area contributed by atoms with Crippen molar-refractivity contribution in [3.05, 3.63) is 12.4 Å². The van der Waals surface area contributed by atoms with Gasteiger partial charge in [0.05, 0.1) is 18.7 Å². The summed E-state index contributed by atoms with van der Waals surface area (Å²) < 4.78 is 5.93. The normalized spacial score (nSPS) is 23.4. The third kappa shape index (κ3) is 5.04. The minimum atomic E-state index is 0.0404. The van der Waals surface area contributed by atoms with Crippen LogP contribution in [0.1, 0.15) is 39.5 Å². The van der Waals surface area contributed by atoms with Crippen LogP contribution in [0.4, 0.5) is 11.6 Å². The maximum atomic E-state index is 12.0.